The van der Waals surface area contributed by atoms with Crippen LogP contribution in [0.1, 0.15) is 30.4 Å². The van der Waals surface area contributed by atoms with E-state index in [0.29, 0.717) is 17.0 Å². The van der Waals surface area contributed by atoms with Gasteiger partial charge in [0.05, 0.1) is 5.56 Å². The molecule has 0 saturated heterocycles. The lowest BCUT2D eigenvalue weighted by atomic mass is 10.1. The number of thioether (sulfide) groups is 1. The monoisotopic (exact) mass is 334 g/mol. The van der Waals surface area contributed by atoms with Crippen LogP contribution in [0.25, 0.3) is 0 Å². The van der Waals surface area contributed by atoms with Crippen molar-refractivity contribution in [1.29, 1.82) is 0 Å². The molecule has 0 radical (unpaired) electrons. The molecule has 0 heterocycles. The third-order valence-electron chi connectivity index (χ3n) is 3.68. The van der Waals surface area contributed by atoms with Crippen molar-refractivity contribution >= 4 is 34.7 Å². The van der Waals surface area contributed by atoms with Crippen molar-refractivity contribution in [3.63, 3.8) is 0 Å². The van der Waals surface area contributed by atoms with E-state index in [4.69, 9.17) is 18.0 Å². The highest BCUT2D eigenvalue weighted by molar-refractivity contribution is 7.99. The van der Waals surface area contributed by atoms with Crippen molar-refractivity contribution in [1.82, 2.24) is 0 Å². The Hall–Kier alpha value is -0.950. The number of hydrogen-bond acceptors (Lipinski definition) is 3. The Morgan fingerprint density at radius 2 is 2.10 bits per heavy atom. The maximum Gasteiger partial charge on any atom is 0.417 e. The van der Waals surface area contributed by atoms with E-state index in [1.807, 2.05) is 11.8 Å². The molecule has 1 saturated carbocycles. The summed E-state index contributed by atoms with van der Waals surface area (Å²) >= 11 is 6.58. The lowest BCUT2D eigenvalue weighted by Crippen LogP contribution is -2.20. The molecule has 0 aromatic heterocycles. The molecule has 2 rings (SSSR count). The van der Waals surface area contributed by atoms with E-state index in [1.165, 1.54) is 12.1 Å². The number of nitrogens with two attached hydrogens (primary N) is 1. The second kappa shape index (κ2) is 6.44. The number of hydrogen-bond donors (Lipinski definition) is 2. The van der Waals surface area contributed by atoms with Crippen LogP contribution in [0, 0.1) is 0 Å². The zero-order chi connectivity index (χ0) is 15.6. The molecule has 2 unspecified atom stereocenters. The fourth-order valence-corrected chi connectivity index (χ4v) is 3.57. The Morgan fingerprint density at radius 1 is 1.38 bits per heavy atom. The molecule has 116 valence electrons. The molecule has 0 aliphatic heterocycles. The highest BCUT2D eigenvalue weighted by atomic mass is 32.2. The summed E-state index contributed by atoms with van der Waals surface area (Å²) in [5, 5.41) is 3.90. The van der Waals surface area contributed by atoms with Gasteiger partial charge in [-0.15, -0.1) is 0 Å². The molecule has 3 N–H and O–H groups in total. The fourth-order valence-electron chi connectivity index (χ4n) is 2.61. The third-order valence-corrected chi connectivity index (χ3v) is 4.99. The first-order chi connectivity index (χ1) is 9.81. The Morgan fingerprint density at radius 3 is 2.62 bits per heavy atom. The Balaban J connectivity index is 2.19. The molecule has 1 aliphatic carbocycles. The summed E-state index contributed by atoms with van der Waals surface area (Å²) in [6, 6.07) is 4.17. The number of rotatable bonds is 4. The van der Waals surface area contributed by atoms with E-state index >= 15 is 0 Å². The molecule has 0 bridgehead atoms. The van der Waals surface area contributed by atoms with Gasteiger partial charge in [0, 0.05) is 22.5 Å². The molecule has 2 nitrogen and oxygen atoms in total. The third kappa shape index (κ3) is 4.03. The summed E-state index contributed by atoms with van der Waals surface area (Å²) in [6.45, 7) is 0. The predicted molar refractivity (Wildman–Crippen MR) is 85.9 cm³/mol. The molecular weight excluding hydrogens is 317 g/mol. The van der Waals surface area contributed by atoms with Gasteiger partial charge in [-0.1, -0.05) is 12.2 Å². The van der Waals surface area contributed by atoms with Gasteiger partial charge in [-0.25, -0.2) is 0 Å². The van der Waals surface area contributed by atoms with Crippen molar-refractivity contribution < 1.29 is 13.2 Å². The van der Waals surface area contributed by atoms with Crippen LogP contribution in [0.3, 0.4) is 0 Å². The first-order valence-corrected chi connectivity index (χ1v) is 8.31. The summed E-state index contributed by atoms with van der Waals surface area (Å²) in [6.07, 6.45) is 0.798. The number of anilines is 1. The van der Waals surface area contributed by atoms with Crippen LogP contribution in [-0.2, 0) is 6.18 Å². The SMILES string of the molecule is CSC1CCC(Nc2ccc(C(F)(F)F)c(C(N)=S)c2)C1. The summed E-state index contributed by atoms with van der Waals surface area (Å²) < 4.78 is 38.7. The van der Waals surface area contributed by atoms with E-state index in [2.05, 4.69) is 11.6 Å². The van der Waals surface area contributed by atoms with Crippen molar-refractivity contribution in [2.75, 3.05) is 11.6 Å². The molecule has 0 spiro atoms. The minimum atomic E-state index is -4.45. The fraction of sp³-hybridized carbons (Fsp3) is 0.500. The average molecular weight is 334 g/mol. The van der Waals surface area contributed by atoms with E-state index in [9.17, 15) is 13.2 Å². The quantitative estimate of drug-likeness (QED) is 0.815. The number of benzene rings is 1. The lowest BCUT2D eigenvalue weighted by molar-refractivity contribution is -0.137. The molecule has 0 amide bonds. The molecular formula is C14H17F3N2S2. The van der Waals surface area contributed by atoms with Gasteiger partial charge in [0.1, 0.15) is 4.99 Å². The molecule has 21 heavy (non-hydrogen) atoms. The Bertz CT molecular complexity index is 531. The van der Waals surface area contributed by atoms with Gasteiger partial charge >= 0.3 is 6.18 Å². The highest BCUT2D eigenvalue weighted by Gasteiger charge is 2.34. The zero-order valence-corrected chi connectivity index (χ0v) is 13.2. The van der Waals surface area contributed by atoms with Crippen molar-refractivity contribution in [2.24, 2.45) is 5.73 Å². The second-order valence-corrected chi connectivity index (χ2v) is 6.71. The number of nitrogens with one attached hydrogen (secondary N) is 1. The Labute approximate surface area is 131 Å². The van der Waals surface area contributed by atoms with Crippen molar-refractivity contribution in [2.45, 2.75) is 36.7 Å². The zero-order valence-electron chi connectivity index (χ0n) is 11.5. The van der Waals surface area contributed by atoms with Crippen LogP contribution in [0.4, 0.5) is 18.9 Å². The molecule has 1 fully saturated rings. The normalized spacial score (nSPS) is 22.3. The van der Waals surface area contributed by atoms with Crippen LogP contribution < -0.4 is 11.1 Å². The highest BCUT2D eigenvalue weighted by Crippen LogP contribution is 2.35. The first-order valence-electron chi connectivity index (χ1n) is 6.61. The number of thiocarbonyl (C=S) groups is 1. The van der Waals surface area contributed by atoms with Gasteiger partial charge in [0.15, 0.2) is 0 Å². The van der Waals surface area contributed by atoms with Crippen LogP contribution in [-0.4, -0.2) is 22.5 Å². The van der Waals surface area contributed by atoms with Crippen LogP contribution in [0.2, 0.25) is 0 Å². The Kier molecular flexibility index (Phi) is 5.03. The maximum absolute atomic E-state index is 12.9. The van der Waals surface area contributed by atoms with Crippen LogP contribution >= 0.6 is 24.0 Å². The summed E-state index contributed by atoms with van der Waals surface area (Å²) in [5.41, 5.74) is 5.16. The van der Waals surface area contributed by atoms with E-state index in [-0.39, 0.29) is 10.6 Å². The maximum atomic E-state index is 12.9. The lowest BCUT2D eigenvalue weighted by Gasteiger charge is -2.17. The minimum absolute atomic E-state index is 0.123. The van der Waals surface area contributed by atoms with E-state index in [0.717, 1.165) is 25.3 Å². The summed E-state index contributed by atoms with van der Waals surface area (Å²) in [4.78, 5) is -0.237. The molecule has 1 aromatic carbocycles. The van der Waals surface area contributed by atoms with Gasteiger partial charge < -0.3 is 11.1 Å². The largest absolute Gasteiger partial charge is 0.417 e. The van der Waals surface area contributed by atoms with Crippen molar-refractivity contribution in [3.8, 4) is 0 Å². The smallest absolute Gasteiger partial charge is 0.389 e. The molecule has 7 heteroatoms. The standard InChI is InChI=1S/C14H17F3N2S2/c1-21-10-4-2-8(6-10)19-9-3-5-12(14(15,16)17)11(7-9)13(18)20/h3,5,7-8,10,19H,2,4,6H2,1H3,(H2,18,20). The topological polar surface area (TPSA) is 38.0 Å². The minimum Gasteiger partial charge on any atom is -0.389 e. The first kappa shape index (κ1) is 16.4. The van der Waals surface area contributed by atoms with Gasteiger partial charge in [-0.3, -0.25) is 0 Å². The summed E-state index contributed by atoms with van der Waals surface area (Å²) in [5.74, 6) is 0. The van der Waals surface area contributed by atoms with Gasteiger partial charge in [0.2, 0.25) is 0 Å². The number of alkyl halides is 3. The average Bonchev–Trinajstić information content (AvgIpc) is 2.85. The van der Waals surface area contributed by atoms with Gasteiger partial charge in [-0.05, 0) is 43.7 Å². The summed E-state index contributed by atoms with van der Waals surface area (Å²) in [7, 11) is 0. The molecule has 1 aromatic rings. The second-order valence-electron chi connectivity index (χ2n) is 5.13. The van der Waals surface area contributed by atoms with Gasteiger partial charge in [-0.2, -0.15) is 24.9 Å². The van der Waals surface area contributed by atoms with E-state index in [1.54, 1.807) is 0 Å². The van der Waals surface area contributed by atoms with Gasteiger partial charge in [0.25, 0.3) is 0 Å². The predicted octanol–water partition coefficient (Wildman–Crippen LogP) is 4.04. The molecule has 1 aliphatic rings. The van der Waals surface area contributed by atoms with Crippen molar-refractivity contribution in [3.05, 3.63) is 29.3 Å². The van der Waals surface area contributed by atoms with E-state index < -0.39 is 11.7 Å². The van der Waals surface area contributed by atoms with Crippen LogP contribution in [0.5, 0.6) is 0 Å². The molecule has 2 atom stereocenters. The van der Waals surface area contributed by atoms with Crippen LogP contribution in [0.15, 0.2) is 18.2 Å². The number of halogens is 3.